The lowest BCUT2D eigenvalue weighted by Crippen LogP contribution is -2.08. The predicted octanol–water partition coefficient (Wildman–Crippen LogP) is 14.2. The minimum absolute atomic E-state index is 0.551. The van der Waals surface area contributed by atoms with Crippen LogP contribution < -0.4 is 0 Å². The fourth-order valence-corrected chi connectivity index (χ4v) is 9.76. The van der Waals surface area contributed by atoms with Gasteiger partial charge in [0, 0.05) is 49.1 Å². The SMILES string of the molecule is c1ccc(-c2cccc(-n3c4ccccc4c4c(-n5c6ccccc6c6ccccc65)c5c(cc43)c3ccccc3n5-c3nc(-c4ccccc4)nc(-c4ccccc4)n3)c2)cc1. The molecule has 0 aliphatic carbocycles. The maximum Gasteiger partial charge on any atom is 0.238 e. The zero-order chi connectivity index (χ0) is 41.4. The van der Waals surface area contributed by atoms with E-state index in [-0.39, 0.29) is 0 Å². The normalized spacial score (nSPS) is 11.8. The molecule has 4 aromatic heterocycles. The summed E-state index contributed by atoms with van der Waals surface area (Å²) in [5, 5.41) is 6.88. The molecule has 6 heteroatoms. The molecule has 294 valence electrons. The maximum absolute atomic E-state index is 5.38. The van der Waals surface area contributed by atoms with Crippen molar-refractivity contribution in [3.8, 4) is 51.2 Å². The molecule has 6 nitrogen and oxygen atoms in total. The van der Waals surface area contributed by atoms with Crippen LogP contribution in [0.25, 0.3) is 117 Å². The Hall–Kier alpha value is -8.61. The number of para-hydroxylation sites is 4. The summed E-state index contributed by atoms with van der Waals surface area (Å²) in [5.74, 6) is 1.77. The highest BCUT2D eigenvalue weighted by atomic mass is 15.2. The Morgan fingerprint density at radius 2 is 0.730 bits per heavy atom. The molecule has 0 amide bonds. The van der Waals surface area contributed by atoms with Gasteiger partial charge in [0.15, 0.2) is 11.6 Å². The average molecular weight is 805 g/mol. The lowest BCUT2D eigenvalue weighted by Gasteiger charge is -2.17. The summed E-state index contributed by atoms with van der Waals surface area (Å²) in [5.41, 5.74) is 12.8. The predicted molar refractivity (Wildman–Crippen MR) is 259 cm³/mol. The summed E-state index contributed by atoms with van der Waals surface area (Å²) in [6.07, 6.45) is 0. The van der Waals surface area contributed by atoms with Gasteiger partial charge in [-0.3, -0.25) is 4.57 Å². The molecule has 63 heavy (non-hydrogen) atoms. The molecule has 9 aromatic carbocycles. The lowest BCUT2D eigenvalue weighted by atomic mass is 10.0. The Bertz CT molecular complexity index is 3790. The van der Waals surface area contributed by atoms with E-state index in [1.807, 2.05) is 36.4 Å². The van der Waals surface area contributed by atoms with E-state index >= 15 is 0 Å². The van der Waals surface area contributed by atoms with Crippen molar-refractivity contribution in [3.05, 3.63) is 218 Å². The van der Waals surface area contributed by atoms with E-state index in [1.165, 1.54) is 16.3 Å². The molecule has 13 aromatic rings. The van der Waals surface area contributed by atoms with Crippen molar-refractivity contribution in [3.63, 3.8) is 0 Å². The van der Waals surface area contributed by atoms with Crippen LogP contribution in [0.1, 0.15) is 0 Å². The molecule has 0 radical (unpaired) electrons. The highest BCUT2D eigenvalue weighted by Gasteiger charge is 2.28. The standard InChI is InChI=1S/C57H36N6/c1-4-19-37(20-5-1)40-25-18-26-41(35-40)61-50-34-17-13-30-45(50)52-51(61)36-46-44-29-12-16-33-49(44)63(53(46)54(52)62-47-31-14-10-27-42(47)43-28-11-15-32-48(43)62)57-59-55(38-21-6-2-7-22-38)58-56(60-57)39-23-8-3-9-24-39/h1-36H. The van der Waals surface area contributed by atoms with Gasteiger partial charge in [0.25, 0.3) is 0 Å². The first-order chi connectivity index (χ1) is 31.3. The molecule has 0 bridgehead atoms. The summed E-state index contributed by atoms with van der Waals surface area (Å²) < 4.78 is 7.22. The molecule has 0 saturated carbocycles. The van der Waals surface area contributed by atoms with E-state index in [0.29, 0.717) is 17.6 Å². The average Bonchev–Trinajstić information content (AvgIpc) is 4.00. The monoisotopic (exact) mass is 804 g/mol. The largest absolute Gasteiger partial charge is 0.309 e. The van der Waals surface area contributed by atoms with Crippen molar-refractivity contribution < 1.29 is 0 Å². The molecule has 0 unspecified atom stereocenters. The quantitative estimate of drug-likeness (QED) is 0.168. The zero-order valence-corrected chi connectivity index (χ0v) is 34.0. The van der Waals surface area contributed by atoms with E-state index in [4.69, 9.17) is 15.0 Å². The Balaban J connectivity index is 1.25. The fourth-order valence-electron chi connectivity index (χ4n) is 9.76. The van der Waals surface area contributed by atoms with Crippen molar-refractivity contribution in [1.29, 1.82) is 0 Å². The molecule has 0 saturated heterocycles. The summed E-state index contributed by atoms with van der Waals surface area (Å²) in [6.45, 7) is 0. The molecule has 4 heterocycles. The number of nitrogens with zero attached hydrogens (tertiary/aromatic N) is 6. The van der Waals surface area contributed by atoms with Gasteiger partial charge in [0.05, 0.1) is 38.8 Å². The van der Waals surface area contributed by atoms with Crippen LogP contribution in [0.2, 0.25) is 0 Å². The van der Waals surface area contributed by atoms with Crippen molar-refractivity contribution >= 4 is 65.4 Å². The molecular formula is C57H36N6. The molecule has 0 aliphatic rings. The van der Waals surface area contributed by atoms with Gasteiger partial charge in [-0.1, -0.05) is 176 Å². The van der Waals surface area contributed by atoms with Gasteiger partial charge in [0.2, 0.25) is 5.95 Å². The molecule has 13 rings (SSSR count). The van der Waals surface area contributed by atoms with Crippen LogP contribution in [0.5, 0.6) is 0 Å². The minimum Gasteiger partial charge on any atom is -0.309 e. The second kappa shape index (κ2) is 14.0. The van der Waals surface area contributed by atoms with E-state index in [2.05, 4.69) is 196 Å². The van der Waals surface area contributed by atoms with Gasteiger partial charge in [-0.15, -0.1) is 0 Å². The first kappa shape index (κ1) is 35.2. The summed E-state index contributed by atoms with van der Waals surface area (Å²) in [6, 6.07) is 77.4. The number of aromatic nitrogens is 6. The van der Waals surface area contributed by atoms with Gasteiger partial charge >= 0.3 is 0 Å². The zero-order valence-electron chi connectivity index (χ0n) is 34.0. The molecule has 0 aliphatic heterocycles. The highest BCUT2D eigenvalue weighted by Crippen LogP contribution is 2.47. The van der Waals surface area contributed by atoms with Gasteiger partial charge in [-0.05, 0) is 53.6 Å². The first-order valence-electron chi connectivity index (χ1n) is 21.3. The van der Waals surface area contributed by atoms with Gasteiger partial charge < -0.3 is 9.13 Å². The third-order valence-corrected chi connectivity index (χ3v) is 12.5. The number of hydrogen-bond donors (Lipinski definition) is 0. The minimum atomic E-state index is 0.551. The van der Waals surface area contributed by atoms with Crippen molar-refractivity contribution in [1.82, 2.24) is 28.7 Å². The van der Waals surface area contributed by atoms with Crippen LogP contribution in [0, 0.1) is 0 Å². The number of fused-ring (bicyclic) bond motifs is 9. The van der Waals surface area contributed by atoms with Crippen LogP contribution in [0.4, 0.5) is 0 Å². The third-order valence-electron chi connectivity index (χ3n) is 12.5. The molecule has 0 N–H and O–H groups in total. The van der Waals surface area contributed by atoms with Gasteiger partial charge in [-0.25, -0.2) is 4.98 Å². The maximum atomic E-state index is 5.38. The van der Waals surface area contributed by atoms with Crippen LogP contribution in [-0.4, -0.2) is 28.7 Å². The van der Waals surface area contributed by atoms with Crippen LogP contribution in [0.3, 0.4) is 0 Å². The molecule has 0 fully saturated rings. The van der Waals surface area contributed by atoms with E-state index in [0.717, 1.165) is 82.7 Å². The molecular weight excluding hydrogens is 769 g/mol. The Kier molecular flexibility index (Phi) is 7.80. The van der Waals surface area contributed by atoms with Crippen LogP contribution in [-0.2, 0) is 0 Å². The summed E-state index contributed by atoms with van der Waals surface area (Å²) in [7, 11) is 0. The number of hydrogen-bond acceptors (Lipinski definition) is 3. The Labute approximate surface area is 362 Å². The smallest absolute Gasteiger partial charge is 0.238 e. The second-order valence-electron chi connectivity index (χ2n) is 16.0. The molecule has 0 spiro atoms. The number of benzene rings is 9. The second-order valence-corrected chi connectivity index (χ2v) is 16.0. The van der Waals surface area contributed by atoms with E-state index in [1.54, 1.807) is 0 Å². The summed E-state index contributed by atoms with van der Waals surface area (Å²) in [4.78, 5) is 15.9. The topological polar surface area (TPSA) is 53.5 Å². The van der Waals surface area contributed by atoms with Gasteiger partial charge in [-0.2, -0.15) is 9.97 Å². The fraction of sp³-hybridized carbons (Fsp3) is 0. The Morgan fingerprint density at radius 1 is 0.286 bits per heavy atom. The highest BCUT2D eigenvalue weighted by molar-refractivity contribution is 6.26. The van der Waals surface area contributed by atoms with Crippen molar-refractivity contribution in [2.45, 2.75) is 0 Å². The first-order valence-corrected chi connectivity index (χ1v) is 21.3. The van der Waals surface area contributed by atoms with Crippen LogP contribution in [0.15, 0.2) is 218 Å². The van der Waals surface area contributed by atoms with Crippen molar-refractivity contribution in [2.24, 2.45) is 0 Å². The molecule has 0 atom stereocenters. The van der Waals surface area contributed by atoms with Crippen molar-refractivity contribution in [2.75, 3.05) is 0 Å². The third kappa shape index (κ3) is 5.41. The number of rotatable bonds is 6. The van der Waals surface area contributed by atoms with Gasteiger partial charge in [0.1, 0.15) is 0 Å². The van der Waals surface area contributed by atoms with E-state index in [9.17, 15) is 0 Å². The van der Waals surface area contributed by atoms with E-state index < -0.39 is 0 Å². The Morgan fingerprint density at radius 3 is 1.30 bits per heavy atom. The van der Waals surface area contributed by atoms with Crippen LogP contribution >= 0.6 is 0 Å². The summed E-state index contributed by atoms with van der Waals surface area (Å²) >= 11 is 0. The lowest BCUT2D eigenvalue weighted by molar-refractivity contribution is 0.950.